The molecule has 0 fully saturated rings. The maximum Gasteiger partial charge on any atom is 0.247 e. The molecule has 0 bridgehead atoms. The molecule has 0 saturated carbocycles. The summed E-state index contributed by atoms with van der Waals surface area (Å²) in [5, 5.41) is 20.0. The van der Waals surface area contributed by atoms with Crippen molar-refractivity contribution in [1.29, 1.82) is 5.26 Å². The van der Waals surface area contributed by atoms with Crippen molar-refractivity contribution in [1.82, 2.24) is 5.32 Å². The Labute approximate surface area is 102 Å². The number of nitrogens with one attached hydrogen (secondary N) is 1. The van der Waals surface area contributed by atoms with Gasteiger partial charge in [-0.3, -0.25) is 4.79 Å². The molecule has 1 rings (SSSR count). The van der Waals surface area contributed by atoms with Crippen molar-refractivity contribution in [2.24, 2.45) is 5.73 Å². The molecule has 4 N–H and O–H groups in total. The lowest BCUT2D eigenvalue weighted by atomic mass is 10.1. The van der Waals surface area contributed by atoms with Crippen LogP contribution in [0.25, 0.3) is 0 Å². The van der Waals surface area contributed by atoms with Gasteiger partial charge in [-0.15, -0.1) is 0 Å². The number of hydrogen-bond acceptors (Lipinski definition) is 4. The third-order valence-electron chi connectivity index (χ3n) is 2.24. The number of nitriles is 1. The zero-order valence-corrected chi connectivity index (χ0v) is 9.28. The van der Waals surface area contributed by atoms with Crippen molar-refractivity contribution in [3.8, 4) is 6.07 Å². The van der Waals surface area contributed by atoms with Gasteiger partial charge in [0, 0.05) is 18.7 Å². The highest BCUT2D eigenvalue weighted by Crippen LogP contribution is 2.14. The fraction of sp³-hybridized carbons (Fsp3) is 0.273. The van der Waals surface area contributed by atoms with E-state index >= 15 is 0 Å². The Morgan fingerprint density at radius 2 is 2.06 bits per heavy atom. The number of carbonyl (C=O) groups excluding carboxylic acids is 1. The van der Waals surface area contributed by atoms with Crippen LogP contribution < -0.4 is 11.1 Å². The SMILES string of the molecule is N#Cc1cc(F)c(CNCC(O)C(N)=O)c(F)c1. The van der Waals surface area contributed by atoms with Crippen LogP contribution in [0.3, 0.4) is 0 Å². The van der Waals surface area contributed by atoms with Gasteiger partial charge in [-0.25, -0.2) is 8.78 Å². The Kier molecular flexibility index (Phi) is 4.71. The number of rotatable bonds is 5. The van der Waals surface area contributed by atoms with E-state index in [1.54, 1.807) is 6.07 Å². The summed E-state index contributed by atoms with van der Waals surface area (Å²) in [7, 11) is 0. The third-order valence-corrected chi connectivity index (χ3v) is 2.24. The van der Waals surface area contributed by atoms with Crippen LogP contribution in [0.4, 0.5) is 8.78 Å². The fourth-order valence-corrected chi connectivity index (χ4v) is 1.27. The molecule has 0 aliphatic carbocycles. The third kappa shape index (κ3) is 3.48. The highest BCUT2D eigenvalue weighted by atomic mass is 19.1. The number of carbonyl (C=O) groups is 1. The minimum Gasteiger partial charge on any atom is -0.382 e. The molecule has 0 heterocycles. The lowest BCUT2D eigenvalue weighted by Crippen LogP contribution is -2.37. The molecule has 1 atom stereocenters. The molecule has 0 radical (unpaired) electrons. The zero-order chi connectivity index (χ0) is 13.7. The summed E-state index contributed by atoms with van der Waals surface area (Å²) in [4.78, 5) is 10.5. The maximum absolute atomic E-state index is 13.4. The van der Waals surface area contributed by atoms with Crippen molar-refractivity contribution in [2.75, 3.05) is 6.54 Å². The standard InChI is InChI=1S/C11H11F2N3O2/c12-8-1-6(3-14)2-9(13)7(8)4-16-5-10(17)11(15)18/h1-2,10,16-17H,4-5H2,(H2,15,18). The van der Waals surface area contributed by atoms with E-state index in [1.807, 2.05) is 0 Å². The van der Waals surface area contributed by atoms with E-state index in [4.69, 9.17) is 16.1 Å². The number of amides is 1. The highest BCUT2D eigenvalue weighted by molar-refractivity contribution is 5.78. The monoisotopic (exact) mass is 255 g/mol. The molecule has 96 valence electrons. The van der Waals surface area contributed by atoms with E-state index in [1.165, 1.54) is 0 Å². The van der Waals surface area contributed by atoms with Gasteiger partial charge in [0.2, 0.25) is 5.91 Å². The van der Waals surface area contributed by atoms with Crippen LogP contribution in [0, 0.1) is 23.0 Å². The molecular formula is C11H11F2N3O2. The summed E-state index contributed by atoms with van der Waals surface area (Å²) in [6, 6.07) is 3.44. The van der Waals surface area contributed by atoms with Crippen molar-refractivity contribution >= 4 is 5.91 Å². The molecule has 5 nitrogen and oxygen atoms in total. The first-order valence-corrected chi connectivity index (χ1v) is 5.01. The fourth-order valence-electron chi connectivity index (χ4n) is 1.27. The second kappa shape index (κ2) is 6.05. The molecule has 0 saturated heterocycles. The number of nitrogens with zero attached hydrogens (tertiary/aromatic N) is 1. The maximum atomic E-state index is 13.4. The Balaban J connectivity index is 2.69. The van der Waals surface area contributed by atoms with E-state index in [-0.39, 0.29) is 24.2 Å². The molecule has 0 aliphatic heterocycles. The Hall–Kier alpha value is -2.04. The number of benzene rings is 1. The predicted octanol–water partition coefficient (Wildman–Crippen LogP) is -0.228. The van der Waals surface area contributed by atoms with Gasteiger partial charge in [0.1, 0.15) is 17.7 Å². The van der Waals surface area contributed by atoms with Crippen LogP contribution >= 0.6 is 0 Å². The lowest BCUT2D eigenvalue weighted by molar-refractivity contribution is -0.125. The number of halogens is 2. The summed E-state index contributed by atoms with van der Waals surface area (Å²) in [5.41, 5.74) is 4.41. The smallest absolute Gasteiger partial charge is 0.247 e. The number of primary amides is 1. The van der Waals surface area contributed by atoms with Gasteiger partial charge in [-0.2, -0.15) is 5.26 Å². The number of hydrogen-bond donors (Lipinski definition) is 3. The molecule has 0 aliphatic rings. The highest BCUT2D eigenvalue weighted by Gasteiger charge is 2.13. The van der Waals surface area contributed by atoms with E-state index in [0.717, 1.165) is 12.1 Å². The number of nitrogens with two attached hydrogens (primary N) is 1. The molecule has 1 aromatic carbocycles. The molecule has 1 unspecified atom stereocenters. The van der Waals surface area contributed by atoms with Gasteiger partial charge in [0.15, 0.2) is 0 Å². The largest absolute Gasteiger partial charge is 0.382 e. The summed E-state index contributed by atoms with van der Waals surface area (Å²) in [5.74, 6) is -2.66. The molecule has 7 heteroatoms. The van der Waals surface area contributed by atoms with E-state index in [2.05, 4.69) is 5.32 Å². The van der Waals surface area contributed by atoms with Crippen molar-refractivity contribution in [2.45, 2.75) is 12.6 Å². The Morgan fingerprint density at radius 3 is 2.50 bits per heavy atom. The molecule has 1 aromatic rings. The van der Waals surface area contributed by atoms with Gasteiger partial charge in [0.25, 0.3) is 0 Å². The first-order chi connectivity index (χ1) is 8.45. The zero-order valence-electron chi connectivity index (χ0n) is 9.28. The lowest BCUT2D eigenvalue weighted by Gasteiger charge is -2.09. The second-order valence-corrected chi connectivity index (χ2v) is 3.58. The van der Waals surface area contributed by atoms with Crippen molar-refractivity contribution < 1.29 is 18.7 Å². The minimum atomic E-state index is -1.42. The second-order valence-electron chi connectivity index (χ2n) is 3.58. The summed E-state index contributed by atoms with van der Waals surface area (Å²) in [6.07, 6.45) is -1.42. The van der Waals surface area contributed by atoms with Crippen LogP contribution in [0.15, 0.2) is 12.1 Å². The summed E-state index contributed by atoms with van der Waals surface area (Å²) >= 11 is 0. The van der Waals surface area contributed by atoms with Crippen LogP contribution in [-0.2, 0) is 11.3 Å². The minimum absolute atomic E-state index is 0.120. The Bertz CT molecular complexity index is 477. The first kappa shape index (κ1) is 14.0. The van der Waals surface area contributed by atoms with E-state index < -0.39 is 23.6 Å². The van der Waals surface area contributed by atoms with Crippen molar-refractivity contribution in [3.05, 3.63) is 34.9 Å². The normalized spacial score (nSPS) is 11.9. The molecule has 18 heavy (non-hydrogen) atoms. The predicted molar refractivity (Wildman–Crippen MR) is 58.0 cm³/mol. The van der Waals surface area contributed by atoms with Crippen LogP contribution in [-0.4, -0.2) is 23.7 Å². The number of aliphatic hydroxyl groups excluding tert-OH is 1. The number of aliphatic hydroxyl groups is 1. The Morgan fingerprint density at radius 1 is 1.50 bits per heavy atom. The summed E-state index contributed by atoms with van der Waals surface area (Å²) < 4.78 is 26.8. The van der Waals surface area contributed by atoms with Crippen molar-refractivity contribution in [3.63, 3.8) is 0 Å². The topological polar surface area (TPSA) is 99.1 Å². The molecule has 1 amide bonds. The van der Waals surface area contributed by atoms with Gasteiger partial charge in [0.05, 0.1) is 11.6 Å². The van der Waals surface area contributed by atoms with Gasteiger partial charge >= 0.3 is 0 Å². The van der Waals surface area contributed by atoms with E-state index in [0.29, 0.717) is 0 Å². The average molecular weight is 255 g/mol. The first-order valence-electron chi connectivity index (χ1n) is 5.01. The van der Waals surface area contributed by atoms with Gasteiger partial charge in [-0.1, -0.05) is 0 Å². The van der Waals surface area contributed by atoms with Gasteiger partial charge in [-0.05, 0) is 12.1 Å². The van der Waals surface area contributed by atoms with Gasteiger partial charge < -0.3 is 16.2 Å². The summed E-state index contributed by atoms with van der Waals surface area (Å²) in [6.45, 7) is -0.443. The molecule has 0 aromatic heterocycles. The average Bonchev–Trinajstić information content (AvgIpc) is 2.31. The van der Waals surface area contributed by atoms with Crippen LogP contribution in [0.5, 0.6) is 0 Å². The van der Waals surface area contributed by atoms with Crippen LogP contribution in [0.2, 0.25) is 0 Å². The molecule has 0 spiro atoms. The van der Waals surface area contributed by atoms with Crippen LogP contribution in [0.1, 0.15) is 11.1 Å². The quantitative estimate of drug-likeness (QED) is 0.676. The van der Waals surface area contributed by atoms with E-state index in [9.17, 15) is 13.6 Å². The molecular weight excluding hydrogens is 244 g/mol.